The summed E-state index contributed by atoms with van der Waals surface area (Å²) in [6.07, 6.45) is 4.73. The Kier molecular flexibility index (Phi) is 2.98. The van der Waals surface area contributed by atoms with Crippen LogP contribution in [0.4, 0.5) is 0 Å². The van der Waals surface area contributed by atoms with Gasteiger partial charge < -0.3 is 5.73 Å². The molecule has 1 heterocycles. The van der Waals surface area contributed by atoms with E-state index in [9.17, 15) is 0 Å². The molecule has 3 nitrogen and oxygen atoms in total. The predicted molar refractivity (Wildman–Crippen MR) is 53.5 cm³/mol. The van der Waals surface area contributed by atoms with E-state index >= 15 is 0 Å². The van der Waals surface area contributed by atoms with Gasteiger partial charge in [0.1, 0.15) is 5.82 Å². The van der Waals surface area contributed by atoms with E-state index in [4.69, 9.17) is 5.73 Å². The van der Waals surface area contributed by atoms with Crippen LogP contribution in [0, 0.1) is 6.92 Å². The Balaban J connectivity index is 2.87. The molecule has 2 N–H and O–H groups in total. The Morgan fingerprint density at radius 3 is 2.31 bits per heavy atom. The van der Waals surface area contributed by atoms with E-state index in [1.807, 2.05) is 19.3 Å². The summed E-state index contributed by atoms with van der Waals surface area (Å²) in [7, 11) is 0. The first kappa shape index (κ1) is 10.1. The van der Waals surface area contributed by atoms with Crippen LogP contribution in [0.2, 0.25) is 0 Å². The summed E-state index contributed by atoms with van der Waals surface area (Å²) in [5.74, 6) is 0.812. The minimum absolute atomic E-state index is 0.0858. The summed E-state index contributed by atoms with van der Waals surface area (Å²) < 4.78 is 0. The Morgan fingerprint density at radius 1 is 1.31 bits per heavy atom. The molecule has 0 saturated carbocycles. The second-order valence-corrected chi connectivity index (χ2v) is 3.94. The Labute approximate surface area is 79.4 Å². The van der Waals surface area contributed by atoms with Crippen LogP contribution < -0.4 is 5.73 Å². The van der Waals surface area contributed by atoms with Crippen LogP contribution in [0.3, 0.4) is 0 Å². The van der Waals surface area contributed by atoms with E-state index in [0.29, 0.717) is 6.54 Å². The van der Waals surface area contributed by atoms with Gasteiger partial charge in [-0.25, -0.2) is 9.97 Å². The van der Waals surface area contributed by atoms with Crippen molar-refractivity contribution in [2.75, 3.05) is 6.54 Å². The van der Waals surface area contributed by atoms with Crippen LogP contribution in [0.1, 0.15) is 31.7 Å². The van der Waals surface area contributed by atoms with E-state index < -0.39 is 0 Å². The van der Waals surface area contributed by atoms with Crippen molar-refractivity contribution in [1.82, 2.24) is 9.97 Å². The summed E-state index contributed by atoms with van der Waals surface area (Å²) in [6, 6.07) is 0. The van der Waals surface area contributed by atoms with E-state index in [2.05, 4.69) is 23.8 Å². The van der Waals surface area contributed by atoms with E-state index in [1.54, 1.807) is 0 Å². The van der Waals surface area contributed by atoms with Crippen LogP contribution in [0.5, 0.6) is 0 Å². The molecule has 1 aromatic heterocycles. The Morgan fingerprint density at radius 2 is 1.85 bits per heavy atom. The molecule has 1 aromatic rings. The summed E-state index contributed by atoms with van der Waals surface area (Å²) in [5, 5.41) is 0. The summed E-state index contributed by atoms with van der Waals surface area (Å²) in [6.45, 7) is 6.91. The van der Waals surface area contributed by atoms with Gasteiger partial charge in [0, 0.05) is 12.4 Å². The molecule has 0 aliphatic heterocycles. The van der Waals surface area contributed by atoms with Gasteiger partial charge in [-0.1, -0.05) is 13.8 Å². The van der Waals surface area contributed by atoms with Gasteiger partial charge in [0.05, 0.1) is 0 Å². The van der Waals surface area contributed by atoms with Gasteiger partial charge in [-0.15, -0.1) is 0 Å². The zero-order valence-corrected chi connectivity index (χ0v) is 8.54. The average Bonchev–Trinajstić information content (AvgIpc) is 2.05. The fourth-order valence-electron chi connectivity index (χ4n) is 1.25. The molecule has 1 rings (SSSR count). The molecule has 72 valence electrons. The SMILES string of the molecule is Cc1ncc(C(C)(C)CCN)cn1. The zero-order valence-electron chi connectivity index (χ0n) is 8.54. The third kappa shape index (κ3) is 2.49. The van der Waals surface area contributed by atoms with E-state index in [0.717, 1.165) is 17.8 Å². The van der Waals surface area contributed by atoms with Crippen LogP contribution in [0.25, 0.3) is 0 Å². The molecule has 0 atom stereocenters. The number of aryl methyl sites for hydroxylation is 1. The smallest absolute Gasteiger partial charge is 0.125 e. The molecule has 0 aliphatic rings. The van der Waals surface area contributed by atoms with Crippen molar-refractivity contribution < 1.29 is 0 Å². The molecular formula is C10H17N3. The number of aromatic nitrogens is 2. The number of rotatable bonds is 3. The average molecular weight is 179 g/mol. The first-order valence-corrected chi connectivity index (χ1v) is 4.55. The molecular weight excluding hydrogens is 162 g/mol. The molecule has 0 aromatic carbocycles. The molecule has 0 fully saturated rings. The van der Waals surface area contributed by atoms with Gasteiger partial charge in [0.2, 0.25) is 0 Å². The highest BCUT2D eigenvalue weighted by Gasteiger charge is 2.19. The second kappa shape index (κ2) is 3.83. The number of nitrogens with two attached hydrogens (primary N) is 1. The van der Waals surface area contributed by atoms with E-state index in [1.165, 1.54) is 0 Å². The monoisotopic (exact) mass is 179 g/mol. The van der Waals surface area contributed by atoms with Crippen molar-refractivity contribution in [3.8, 4) is 0 Å². The second-order valence-electron chi connectivity index (χ2n) is 3.94. The van der Waals surface area contributed by atoms with Crippen molar-refractivity contribution in [2.45, 2.75) is 32.6 Å². The zero-order chi connectivity index (χ0) is 9.90. The van der Waals surface area contributed by atoms with Crippen molar-refractivity contribution >= 4 is 0 Å². The highest BCUT2D eigenvalue weighted by molar-refractivity contribution is 5.16. The van der Waals surface area contributed by atoms with Gasteiger partial charge in [0.25, 0.3) is 0 Å². The van der Waals surface area contributed by atoms with Gasteiger partial charge in [-0.2, -0.15) is 0 Å². The third-order valence-corrected chi connectivity index (χ3v) is 2.33. The molecule has 0 aliphatic carbocycles. The van der Waals surface area contributed by atoms with Crippen molar-refractivity contribution in [3.63, 3.8) is 0 Å². The lowest BCUT2D eigenvalue weighted by atomic mass is 9.83. The maximum Gasteiger partial charge on any atom is 0.125 e. The first-order chi connectivity index (χ1) is 6.06. The van der Waals surface area contributed by atoms with Crippen molar-refractivity contribution in [3.05, 3.63) is 23.8 Å². The standard InChI is InChI=1S/C10H17N3/c1-8-12-6-9(7-13-8)10(2,3)4-5-11/h6-7H,4-5,11H2,1-3H3. The molecule has 0 unspecified atom stereocenters. The van der Waals surface area contributed by atoms with Crippen LogP contribution in [0.15, 0.2) is 12.4 Å². The van der Waals surface area contributed by atoms with Gasteiger partial charge >= 0.3 is 0 Å². The maximum absolute atomic E-state index is 5.54. The Hall–Kier alpha value is -0.960. The quantitative estimate of drug-likeness (QED) is 0.763. The normalized spacial score (nSPS) is 11.7. The van der Waals surface area contributed by atoms with Crippen LogP contribution >= 0.6 is 0 Å². The maximum atomic E-state index is 5.54. The lowest BCUT2D eigenvalue weighted by Crippen LogP contribution is -2.22. The van der Waals surface area contributed by atoms with Crippen LogP contribution in [-0.4, -0.2) is 16.5 Å². The largest absolute Gasteiger partial charge is 0.330 e. The fraction of sp³-hybridized carbons (Fsp3) is 0.600. The molecule has 0 radical (unpaired) electrons. The Bertz CT molecular complexity index is 264. The highest BCUT2D eigenvalue weighted by atomic mass is 14.8. The van der Waals surface area contributed by atoms with Gasteiger partial charge in [-0.3, -0.25) is 0 Å². The van der Waals surface area contributed by atoms with Crippen molar-refractivity contribution in [1.29, 1.82) is 0 Å². The van der Waals surface area contributed by atoms with Gasteiger partial charge in [-0.05, 0) is 30.9 Å². The van der Waals surface area contributed by atoms with E-state index in [-0.39, 0.29) is 5.41 Å². The summed E-state index contributed by atoms with van der Waals surface area (Å²) in [4.78, 5) is 8.35. The molecule has 0 saturated heterocycles. The summed E-state index contributed by atoms with van der Waals surface area (Å²) >= 11 is 0. The highest BCUT2D eigenvalue weighted by Crippen LogP contribution is 2.24. The number of hydrogen-bond donors (Lipinski definition) is 1. The van der Waals surface area contributed by atoms with Gasteiger partial charge in [0.15, 0.2) is 0 Å². The molecule has 0 amide bonds. The molecule has 0 bridgehead atoms. The predicted octanol–water partition coefficient (Wildman–Crippen LogP) is 1.41. The number of nitrogens with zero attached hydrogens (tertiary/aromatic N) is 2. The van der Waals surface area contributed by atoms with Crippen LogP contribution in [-0.2, 0) is 5.41 Å². The number of hydrogen-bond acceptors (Lipinski definition) is 3. The molecule has 0 spiro atoms. The topological polar surface area (TPSA) is 51.8 Å². The minimum Gasteiger partial charge on any atom is -0.330 e. The van der Waals surface area contributed by atoms with Crippen molar-refractivity contribution in [2.24, 2.45) is 5.73 Å². The lowest BCUT2D eigenvalue weighted by molar-refractivity contribution is 0.483. The fourth-order valence-corrected chi connectivity index (χ4v) is 1.25. The first-order valence-electron chi connectivity index (χ1n) is 4.55. The minimum atomic E-state index is 0.0858. The molecule has 3 heteroatoms. The third-order valence-electron chi connectivity index (χ3n) is 2.33. The summed E-state index contributed by atoms with van der Waals surface area (Å²) in [5.41, 5.74) is 6.78. The lowest BCUT2D eigenvalue weighted by Gasteiger charge is -2.23. The molecule has 13 heavy (non-hydrogen) atoms.